The van der Waals surface area contributed by atoms with Crippen molar-refractivity contribution in [2.75, 3.05) is 6.54 Å². The molecule has 198 valence electrons. The highest BCUT2D eigenvalue weighted by Gasteiger charge is 2.27. The maximum absolute atomic E-state index is 13.8. The summed E-state index contributed by atoms with van der Waals surface area (Å²) in [5, 5.41) is 2.11. The minimum atomic E-state index is -0.119. The molecule has 0 N–H and O–H groups in total. The average molecular weight is 510 g/mol. The lowest BCUT2D eigenvalue weighted by Crippen LogP contribution is -2.48. The van der Waals surface area contributed by atoms with E-state index in [2.05, 4.69) is 61.9 Å². The van der Waals surface area contributed by atoms with Gasteiger partial charge in [0.2, 0.25) is 5.91 Å². The quantitative estimate of drug-likeness (QED) is 0.239. The van der Waals surface area contributed by atoms with Gasteiger partial charge in [0.05, 0.1) is 6.54 Å². The first-order valence-corrected chi connectivity index (χ1v) is 13.6. The number of fused-ring (bicyclic) bond motifs is 1. The number of aromatic nitrogens is 1. The van der Waals surface area contributed by atoms with Crippen LogP contribution in [0.15, 0.2) is 85.1 Å². The molecular weight excluding hydrogens is 470 g/mol. The summed E-state index contributed by atoms with van der Waals surface area (Å²) in [6.07, 6.45) is 2.91. The van der Waals surface area contributed by atoms with Gasteiger partial charge in [-0.05, 0) is 80.3 Å². The standard InChI is InChI=1S/C33H39N3O2/c1-6-26(5)36(22-31-16-11-19-34(31)21-30-15-8-7-12-25(30)4)32(37)23-35(24(2)3)33(38)29-18-17-27-13-9-10-14-28(27)20-29/h7-20,24,26H,6,21-23H2,1-5H3. The number of hydrogen-bond acceptors (Lipinski definition) is 2. The predicted octanol–water partition coefficient (Wildman–Crippen LogP) is 6.68. The molecule has 4 rings (SSSR count). The van der Waals surface area contributed by atoms with E-state index in [4.69, 9.17) is 0 Å². The molecule has 0 aliphatic rings. The van der Waals surface area contributed by atoms with E-state index in [9.17, 15) is 9.59 Å². The molecule has 4 aromatic rings. The first-order chi connectivity index (χ1) is 18.3. The monoisotopic (exact) mass is 509 g/mol. The maximum atomic E-state index is 13.8. The van der Waals surface area contributed by atoms with E-state index in [-0.39, 0.29) is 30.4 Å². The Hall–Kier alpha value is -3.86. The highest BCUT2D eigenvalue weighted by Crippen LogP contribution is 2.20. The zero-order chi connectivity index (χ0) is 27.2. The van der Waals surface area contributed by atoms with Gasteiger partial charge in [-0.15, -0.1) is 0 Å². The van der Waals surface area contributed by atoms with E-state index in [0.29, 0.717) is 12.1 Å². The number of benzene rings is 3. The SMILES string of the molecule is CCC(C)N(Cc1cccn1Cc1ccccc1C)C(=O)CN(C(=O)c1ccc2ccccc2c1)C(C)C. The van der Waals surface area contributed by atoms with Gasteiger partial charge in [0, 0.05) is 36.1 Å². The third-order valence-corrected chi connectivity index (χ3v) is 7.49. The van der Waals surface area contributed by atoms with E-state index >= 15 is 0 Å². The number of rotatable bonds is 10. The van der Waals surface area contributed by atoms with E-state index < -0.39 is 0 Å². The van der Waals surface area contributed by atoms with Crippen molar-refractivity contribution in [3.05, 3.63) is 107 Å². The number of carbonyl (C=O) groups excluding carboxylic acids is 2. The molecule has 0 spiro atoms. The summed E-state index contributed by atoms with van der Waals surface area (Å²) < 4.78 is 2.21. The molecule has 38 heavy (non-hydrogen) atoms. The summed E-state index contributed by atoms with van der Waals surface area (Å²) in [6.45, 7) is 11.5. The van der Waals surface area contributed by atoms with Gasteiger partial charge >= 0.3 is 0 Å². The van der Waals surface area contributed by atoms with Crippen LogP contribution in [0.25, 0.3) is 10.8 Å². The third-order valence-electron chi connectivity index (χ3n) is 7.49. The lowest BCUT2D eigenvalue weighted by molar-refractivity contribution is -0.135. The summed E-state index contributed by atoms with van der Waals surface area (Å²) in [4.78, 5) is 31.0. The number of hydrogen-bond donors (Lipinski definition) is 0. The van der Waals surface area contributed by atoms with Crippen molar-refractivity contribution in [3.8, 4) is 0 Å². The fraction of sp³-hybridized carbons (Fsp3) is 0.333. The molecule has 0 aliphatic heterocycles. The Bertz CT molecular complexity index is 1400. The van der Waals surface area contributed by atoms with Crippen LogP contribution in [-0.2, 0) is 17.9 Å². The molecule has 3 aromatic carbocycles. The topological polar surface area (TPSA) is 45.6 Å². The molecule has 1 aromatic heterocycles. The van der Waals surface area contributed by atoms with Gasteiger partial charge in [0.1, 0.15) is 6.54 Å². The molecule has 0 saturated heterocycles. The van der Waals surface area contributed by atoms with Crippen molar-refractivity contribution in [2.24, 2.45) is 0 Å². The zero-order valence-corrected chi connectivity index (χ0v) is 23.2. The van der Waals surface area contributed by atoms with Crippen molar-refractivity contribution in [1.82, 2.24) is 14.4 Å². The van der Waals surface area contributed by atoms with Crippen molar-refractivity contribution in [3.63, 3.8) is 0 Å². The molecular formula is C33H39N3O2. The Morgan fingerprint density at radius 2 is 1.55 bits per heavy atom. The molecule has 5 nitrogen and oxygen atoms in total. The van der Waals surface area contributed by atoms with Crippen LogP contribution in [0, 0.1) is 6.92 Å². The second kappa shape index (κ2) is 12.1. The minimum absolute atomic E-state index is 0.0363. The van der Waals surface area contributed by atoms with Gasteiger partial charge in [-0.25, -0.2) is 0 Å². The van der Waals surface area contributed by atoms with Crippen LogP contribution in [0.3, 0.4) is 0 Å². The van der Waals surface area contributed by atoms with Crippen molar-refractivity contribution < 1.29 is 9.59 Å². The number of aryl methyl sites for hydroxylation is 1. The summed E-state index contributed by atoms with van der Waals surface area (Å²) in [5.74, 6) is -0.156. The van der Waals surface area contributed by atoms with Crippen molar-refractivity contribution in [1.29, 1.82) is 0 Å². The molecule has 0 aliphatic carbocycles. The smallest absolute Gasteiger partial charge is 0.254 e. The Morgan fingerprint density at radius 1 is 0.842 bits per heavy atom. The van der Waals surface area contributed by atoms with Gasteiger partial charge < -0.3 is 14.4 Å². The van der Waals surface area contributed by atoms with Crippen molar-refractivity contribution in [2.45, 2.75) is 66.2 Å². The lowest BCUT2D eigenvalue weighted by atomic mass is 10.1. The summed E-state index contributed by atoms with van der Waals surface area (Å²) in [5.41, 5.74) is 4.20. The van der Waals surface area contributed by atoms with Crippen molar-refractivity contribution >= 4 is 22.6 Å². The molecule has 0 fully saturated rings. The fourth-order valence-electron chi connectivity index (χ4n) is 4.82. The highest BCUT2D eigenvalue weighted by molar-refractivity contribution is 6.00. The molecule has 1 atom stereocenters. The Kier molecular flexibility index (Phi) is 8.67. The maximum Gasteiger partial charge on any atom is 0.254 e. The Labute approximate surface area is 226 Å². The van der Waals surface area contributed by atoms with Crippen LogP contribution in [0.2, 0.25) is 0 Å². The first kappa shape index (κ1) is 27.2. The van der Waals surface area contributed by atoms with Gasteiger partial charge in [-0.3, -0.25) is 9.59 Å². The summed E-state index contributed by atoms with van der Waals surface area (Å²) in [7, 11) is 0. The molecule has 1 unspecified atom stereocenters. The fourth-order valence-corrected chi connectivity index (χ4v) is 4.82. The van der Waals surface area contributed by atoms with Crippen LogP contribution >= 0.6 is 0 Å². The van der Waals surface area contributed by atoms with Crippen LogP contribution in [0.1, 0.15) is 61.3 Å². The van der Waals surface area contributed by atoms with Gasteiger partial charge in [-0.2, -0.15) is 0 Å². The second-order valence-electron chi connectivity index (χ2n) is 10.4. The van der Waals surface area contributed by atoms with E-state index in [0.717, 1.165) is 29.4 Å². The van der Waals surface area contributed by atoms with Gasteiger partial charge in [0.15, 0.2) is 0 Å². The largest absolute Gasteiger partial charge is 0.345 e. The van der Waals surface area contributed by atoms with Gasteiger partial charge in [-0.1, -0.05) is 61.5 Å². The lowest BCUT2D eigenvalue weighted by Gasteiger charge is -2.33. The van der Waals surface area contributed by atoms with Crippen LogP contribution in [-0.4, -0.2) is 44.8 Å². The summed E-state index contributed by atoms with van der Waals surface area (Å²) >= 11 is 0. The average Bonchev–Trinajstić information content (AvgIpc) is 3.36. The van der Waals surface area contributed by atoms with E-state index in [1.807, 2.05) is 67.3 Å². The minimum Gasteiger partial charge on any atom is -0.345 e. The second-order valence-corrected chi connectivity index (χ2v) is 10.4. The number of carbonyl (C=O) groups is 2. The Balaban J connectivity index is 1.54. The summed E-state index contributed by atoms with van der Waals surface area (Å²) in [6, 6.07) is 26.2. The predicted molar refractivity (Wildman–Crippen MR) is 155 cm³/mol. The van der Waals surface area contributed by atoms with E-state index in [1.165, 1.54) is 11.1 Å². The number of nitrogens with zero attached hydrogens (tertiary/aromatic N) is 3. The van der Waals surface area contributed by atoms with Gasteiger partial charge in [0.25, 0.3) is 5.91 Å². The zero-order valence-electron chi connectivity index (χ0n) is 23.2. The highest BCUT2D eigenvalue weighted by atomic mass is 16.2. The van der Waals surface area contributed by atoms with Crippen LogP contribution < -0.4 is 0 Å². The van der Waals surface area contributed by atoms with Crippen LogP contribution in [0.4, 0.5) is 0 Å². The normalized spacial score (nSPS) is 12.1. The van der Waals surface area contributed by atoms with E-state index in [1.54, 1.807) is 4.90 Å². The molecule has 2 amide bonds. The molecule has 0 bridgehead atoms. The molecule has 0 saturated carbocycles. The Morgan fingerprint density at radius 3 is 2.26 bits per heavy atom. The third kappa shape index (κ3) is 6.16. The first-order valence-electron chi connectivity index (χ1n) is 13.6. The number of amides is 2. The molecule has 1 heterocycles. The molecule has 5 heteroatoms. The molecule has 0 radical (unpaired) electrons. The van der Waals surface area contributed by atoms with Crippen LogP contribution in [0.5, 0.6) is 0 Å².